The van der Waals surface area contributed by atoms with Gasteiger partial charge in [-0.2, -0.15) is 5.10 Å². The Morgan fingerprint density at radius 1 is 1.18 bits per heavy atom. The zero-order chi connectivity index (χ0) is 19.3. The predicted octanol–water partition coefficient (Wildman–Crippen LogP) is 2.55. The number of methoxy groups -OCH3 is 1. The number of fused-ring (bicyclic) bond motifs is 4. The summed E-state index contributed by atoms with van der Waals surface area (Å²) in [6.07, 6.45) is 2.90. The first-order valence-electron chi connectivity index (χ1n) is 10.2. The van der Waals surface area contributed by atoms with Crippen molar-refractivity contribution in [1.29, 1.82) is 0 Å². The van der Waals surface area contributed by atoms with Crippen LogP contribution in [-0.4, -0.2) is 43.7 Å². The minimum Gasteiger partial charge on any atom is -0.497 e. The topological polar surface area (TPSA) is 38.5 Å². The van der Waals surface area contributed by atoms with Gasteiger partial charge < -0.3 is 14.4 Å². The van der Waals surface area contributed by atoms with Crippen LogP contribution in [0.1, 0.15) is 42.0 Å². The predicted molar refractivity (Wildman–Crippen MR) is 109 cm³/mol. The lowest BCUT2D eigenvalue weighted by Crippen LogP contribution is -3.11. The second-order valence-corrected chi connectivity index (χ2v) is 8.39. The molecule has 0 saturated carbocycles. The smallest absolute Gasteiger partial charge is 0.208 e. The molecule has 0 unspecified atom stereocenters. The van der Waals surface area contributed by atoms with E-state index in [1.807, 2.05) is 12.1 Å². The fraction of sp³-hybridized carbons (Fsp3) is 0.435. The van der Waals surface area contributed by atoms with Gasteiger partial charge in [-0.3, -0.25) is 0 Å². The normalized spacial score (nSPS) is 28.4. The highest BCUT2D eigenvalue weighted by atomic mass is 16.5. The van der Waals surface area contributed by atoms with Gasteiger partial charge in [0.1, 0.15) is 11.5 Å². The van der Waals surface area contributed by atoms with Gasteiger partial charge in [0.2, 0.25) is 5.72 Å². The van der Waals surface area contributed by atoms with Crippen molar-refractivity contribution >= 4 is 5.71 Å². The molecule has 2 aromatic rings. The number of rotatable bonds is 2. The number of aryl methyl sites for hydroxylation is 1. The first-order valence-corrected chi connectivity index (χ1v) is 10.2. The maximum absolute atomic E-state index is 6.69. The maximum atomic E-state index is 6.69. The van der Waals surface area contributed by atoms with Crippen molar-refractivity contribution in [2.24, 2.45) is 5.10 Å². The molecule has 5 nitrogen and oxygen atoms in total. The molecule has 28 heavy (non-hydrogen) atoms. The highest BCUT2D eigenvalue weighted by molar-refractivity contribution is 6.02. The van der Waals surface area contributed by atoms with E-state index >= 15 is 0 Å². The van der Waals surface area contributed by atoms with E-state index in [0.29, 0.717) is 0 Å². The van der Waals surface area contributed by atoms with Crippen LogP contribution >= 0.6 is 0 Å². The number of piperidine rings is 1. The number of nitrogens with one attached hydrogen (secondary N) is 1. The van der Waals surface area contributed by atoms with Crippen LogP contribution in [0.3, 0.4) is 0 Å². The van der Waals surface area contributed by atoms with E-state index in [4.69, 9.17) is 14.6 Å². The summed E-state index contributed by atoms with van der Waals surface area (Å²) < 4.78 is 12.1. The lowest BCUT2D eigenvalue weighted by molar-refractivity contribution is -0.888. The minimum atomic E-state index is -0.326. The number of nitrogens with zero attached hydrogens (tertiary/aromatic N) is 2. The minimum absolute atomic E-state index is 0.239. The Labute approximate surface area is 166 Å². The maximum Gasteiger partial charge on any atom is 0.208 e. The lowest BCUT2D eigenvalue weighted by atomic mass is 9.90. The Balaban J connectivity index is 1.58. The van der Waals surface area contributed by atoms with Crippen LogP contribution in [0.4, 0.5) is 0 Å². The van der Waals surface area contributed by atoms with E-state index in [9.17, 15) is 0 Å². The molecule has 1 atom stereocenters. The van der Waals surface area contributed by atoms with E-state index in [1.165, 1.54) is 11.1 Å². The van der Waals surface area contributed by atoms with E-state index in [0.717, 1.165) is 55.1 Å². The van der Waals surface area contributed by atoms with E-state index in [-0.39, 0.29) is 11.8 Å². The molecule has 1 spiro atoms. The van der Waals surface area contributed by atoms with Gasteiger partial charge in [-0.05, 0) is 25.1 Å². The van der Waals surface area contributed by atoms with Crippen molar-refractivity contribution in [2.75, 3.05) is 27.2 Å². The van der Waals surface area contributed by atoms with Crippen molar-refractivity contribution in [1.82, 2.24) is 5.01 Å². The van der Waals surface area contributed by atoms with Gasteiger partial charge in [-0.15, -0.1) is 0 Å². The summed E-state index contributed by atoms with van der Waals surface area (Å²) in [7, 11) is 3.97. The summed E-state index contributed by atoms with van der Waals surface area (Å²) in [6, 6.07) is 15.0. The Morgan fingerprint density at radius 3 is 2.79 bits per heavy atom. The van der Waals surface area contributed by atoms with Crippen LogP contribution in [0.5, 0.6) is 11.5 Å². The molecule has 2 aromatic carbocycles. The molecule has 0 bridgehead atoms. The summed E-state index contributed by atoms with van der Waals surface area (Å²) in [5.41, 5.74) is 4.45. The molecular formula is C23H28N3O2+. The Hall–Kier alpha value is -2.53. The number of quaternary nitrogens is 1. The van der Waals surface area contributed by atoms with Crippen molar-refractivity contribution < 1.29 is 14.4 Å². The molecule has 0 aliphatic carbocycles. The molecule has 3 aliphatic rings. The van der Waals surface area contributed by atoms with Crippen LogP contribution in [-0.2, 0) is 0 Å². The van der Waals surface area contributed by atoms with Gasteiger partial charge in [-0.25, -0.2) is 5.01 Å². The van der Waals surface area contributed by atoms with Crippen molar-refractivity contribution in [2.45, 2.75) is 38.0 Å². The summed E-state index contributed by atoms with van der Waals surface area (Å²) in [5.74, 6) is 1.91. The number of likely N-dealkylation sites (tertiary alicyclic amines) is 1. The number of hydrogen-bond donors (Lipinski definition) is 1. The van der Waals surface area contributed by atoms with Crippen molar-refractivity contribution in [3.8, 4) is 11.5 Å². The average molecular weight is 378 g/mol. The van der Waals surface area contributed by atoms with Crippen LogP contribution < -0.4 is 14.4 Å². The zero-order valence-electron chi connectivity index (χ0n) is 16.9. The van der Waals surface area contributed by atoms with Gasteiger partial charge in [0, 0.05) is 17.5 Å². The van der Waals surface area contributed by atoms with Gasteiger partial charge in [0.25, 0.3) is 0 Å². The zero-order valence-corrected chi connectivity index (χ0v) is 16.9. The molecule has 1 fully saturated rings. The van der Waals surface area contributed by atoms with Crippen LogP contribution in [0.15, 0.2) is 47.6 Å². The van der Waals surface area contributed by atoms with E-state index in [2.05, 4.69) is 49.3 Å². The van der Waals surface area contributed by atoms with Crippen molar-refractivity contribution in [3.63, 3.8) is 0 Å². The van der Waals surface area contributed by atoms with Gasteiger partial charge in [0.15, 0.2) is 0 Å². The Kier molecular flexibility index (Phi) is 4.09. The standard InChI is InChI=1S/C23H27N3O2/c1-16-7-8-22-19(13-16)21-15-20(17-5-4-6-18(14-17)27-3)24-26(21)23(28-22)9-11-25(2)12-10-23/h4-8,13-14,21H,9-12,15H2,1-3H3/p+1/t21-/m1/s1. The molecule has 5 heteroatoms. The molecule has 0 radical (unpaired) electrons. The van der Waals surface area contributed by atoms with E-state index < -0.39 is 0 Å². The molecular weight excluding hydrogens is 350 g/mol. The highest BCUT2D eigenvalue weighted by Gasteiger charge is 2.52. The quantitative estimate of drug-likeness (QED) is 0.873. The SMILES string of the molecule is COc1cccc(C2=NN3[C@H](C2)c2cc(C)ccc2OC32CC[NH+](C)CC2)c1. The molecule has 1 N–H and O–H groups in total. The van der Waals surface area contributed by atoms with Gasteiger partial charge >= 0.3 is 0 Å². The number of hydrazone groups is 1. The van der Waals surface area contributed by atoms with E-state index in [1.54, 1.807) is 12.0 Å². The number of benzene rings is 2. The average Bonchev–Trinajstić information content (AvgIpc) is 3.18. The fourth-order valence-electron chi connectivity index (χ4n) is 4.78. The first kappa shape index (κ1) is 17.6. The fourth-order valence-corrected chi connectivity index (χ4v) is 4.78. The number of ether oxygens (including phenoxy) is 2. The Bertz CT molecular complexity index is 931. The monoisotopic (exact) mass is 378 g/mol. The van der Waals surface area contributed by atoms with Gasteiger partial charge in [0.05, 0.1) is 51.8 Å². The van der Waals surface area contributed by atoms with Gasteiger partial charge in [-0.1, -0.05) is 29.8 Å². The third-order valence-corrected chi connectivity index (χ3v) is 6.44. The molecule has 1 saturated heterocycles. The molecule has 5 rings (SSSR count). The molecule has 146 valence electrons. The summed E-state index contributed by atoms with van der Waals surface area (Å²) in [5, 5.41) is 7.43. The lowest BCUT2D eigenvalue weighted by Gasteiger charge is -2.49. The molecule has 0 aromatic heterocycles. The largest absolute Gasteiger partial charge is 0.497 e. The van der Waals surface area contributed by atoms with Crippen LogP contribution in [0.25, 0.3) is 0 Å². The highest BCUT2D eigenvalue weighted by Crippen LogP contribution is 2.49. The Morgan fingerprint density at radius 2 is 2.00 bits per heavy atom. The second-order valence-electron chi connectivity index (χ2n) is 8.39. The van der Waals surface area contributed by atoms with Crippen LogP contribution in [0.2, 0.25) is 0 Å². The number of hydrogen-bond acceptors (Lipinski definition) is 4. The molecule has 0 amide bonds. The third kappa shape index (κ3) is 2.76. The first-order chi connectivity index (χ1) is 13.6. The second kappa shape index (κ2) is 6.52. The summed E-state index contributed by atoms with van der Waals surface area (Å²) in [4.78, 5) is 1.57. The molecule has 3 aliphatic heterocycles. The summed E-state index contributed by atoms with van der Waals surface area (Å²) >= 11 is 0. The third-order valence-electron chi connectivity index (χ3n) is 6.44. The summed E-state index contributed by atoms with van der Waals surface area (Å²) in [6.45, 7) is 4.36. The van der Waals surface area contributed by atoms with Crippen LogP contribution in [0, 0.1) is 6.92 Å². The molecule has 3 heterocycles. The van der Waals surface area contributed by atoms with Crippen molar-refractivity contribution in [3.05, 3.63) is 59.2 Å².